The van der Waals surface area contributed by atoms with Gasteiger partial charge in [-0.25, -0.2) is 0 Å². The highest BCUT2D eigenvalue weighted by atomic mass is 31.2. The third kappa shape index (κ3) is 3.99. The molecule has 0 aliphatic heterocycles. The van der Waals surface area contributed by atoms with Crippen LogP contribution in [0.1, 0.15) is 54.1 Å². The largest absolute Gasteiger partial charge is 0.496 e. The van der Waals surface area contributed by atoms with Gasteiger partial charge in [0, 0.05) is 10.9 Å². The van der Waals surface area contributed by atoms with Crippen molar-refractivity contribution in [2.45, 2.75) is 41.5 Å². The standard InChI is InChI=1S/C28H31O5P/c1-16-14-17(2)23(21(6)20(16)5)27(29)34(31,22-12-10-9-11-13-22)28(30)24-25(32-7)18(3)15-19(4)26(24)33-8/h9-15H,1-8H3. The summed E-state index contributed by atoms with van der Waals surface area (Å²) in [6, 6.07) is 12.0. The van der Waals surface area contributed by atoms with Crippen molar-refractivity contribution in [3.8, 4) is 11.5 Å². The average molecular weight is 479 g/mol. The lowest BCUT2D eigenvalue weighted by Gasteiger charge is -2.23. The van der Waals surface area contributed by atoms with Gasteiger partial charge >= 0.3 is 0 Å². The Bertz CT molecular complexity index is 1310. The summed E-state index contributed by atoms with van der Waals surface area (Å²) in [5.41, 5.74) is 3.65. The number of benzene rings is 3. The van der Waals surface area contributed by atoms with Gasteiger partial charge in [-0.05, 0) is 81.0 Å². The lowest BCUT2D eigenvalue weighted by Crippen LogP contribution is -2.23. The molecule has 178 valence electrons. The van der Waals surface area contributed by atoms with Gasteiger partial charge in [0.1, 0.15) is 17.1 Å². The van der Waals surface area contributed by atoms with Gasteiger partial charge in [0.15, 0.2) is 0 Å². The highest BCUT2D eigenvalue weighted by Crippen LogP contribution is 2.55. The van der Waals surface area contributed by atoms with Crippen molar-refractivity contribution in [3.05, 3.63) is 87.0 Å². The smallest absolute Gasteiger partial charge is 0.249 e. The summed E-state index contributed by atoms with van der Waals surface area (Å²) in [7, 11) is -1.45. The fourth-order valence-corrected chi connectivity index (χ4v) is 6.99. The number of carbonyl (C=O) groups is 2. The third-order valence-electron chi connectivity index (χ3n) is 6.49. The van der Waals surface area contributed by atoms with Gasteiger partial charge in [0.25, 0.3) is 0 Å². The molecule has 0 saturated heterocycles. The minimum absolute atomic E-state index is 0.0298. The van der Waals surface area contributed by atoms with Crippen LogP contribution in [0.25, 0.3) is 0 Å². The Hall–Kier alpha value is -3.17. The summed E-state index contributed by atoms with van der Waals surface area (Å²) in [6.45, 7) is 11.1. The SMILES string of the molecule is COc1c(C)cc(C)c(OC)c1C(=O)P(=O)(C(=O)c1c(C)cc(C)c(C)c1C)c1ccccc1. The quantitative estimate of drug-likeness (QED) is 0.377. The first-order valence-electron chi connectivity index (χ1n) is 11.1. The maximum atomic E-state index is 14.9. The molecule has 0 aliphatic rings. The van der Waals surface area contributed by atoms with Gasteiger partial charge in [-0.3, -0.25) is 9.59 Å². The second-order valence-corrected chi connectivity index (χ2v) is 11.2. The molecule has 1 atom stereocenters. The number of aryl methyl sites for hydroxylation is 4. The van der Waals surface area contributed by atoms with Gasteiger partial charge in [-0.2, -0.15) is 0 Å². The van der Waals surface area contributed by atoms with Gasteiger partial charge in [-0.1, -0.05) is 36.4 Å². The Kier molecular flexibility index (Phi) is 7.18. The Labute approximate surface area is 201 Å². The van der Waals surface area contributed by atoms with Gasteiger partial charge in [0.2, 0.25) is 18.2 Å². The molecule has 0 radical (unpaired) electrons. The first-order chi connectivity index (χ1) is 16.0. The van der Waals surface area contributed by atoms with Gasteiger partial charge < -0.3 is 14.0 Å². The van der Waals surface area contributed by atoms with Crippen LogP contribution < -0.4 is 14.8 Å². The minimum atomic E-state index is -4.34. The minimum Gasteiger partial charge on any atom is -0.496 e. The molecule has 5 nitrogen and oxygen atoms in total. The Balaban J connectivity index is 2.42. The molecule has 0 saturated carbocycles. The second-order valence-electron chi connectivity index (χ2n) is 8.64. The summed E-state index contributed by atoms with van der Waals surface area (Å²) in [5, 5.41) is 0.185. The Morgan fingerprint density at radius 3 is 1.62 bits per heavy atom. The lowest BCUT2D eigenvalue weighted by molar-refractivity contribution is 0.103. The first kappa shape index (κ1) is 25.5. The zero-order valence-corrected chi connectivity index (χ0v) is 21.9. The van der Waals surface area contributed by atoms with Crippen LogP contribution in [0, 0.1) is 41.5 Å². The molecular weight excluding hydrogens is 447 g/mol. The summed E-state index contributed by atoms with van der Waals surface area (Å²) in [4.78, 5) is 28.5. The first-order valence-corrected chi connectivity index (χ1v) is 12.8. The molecule has 3 aromatic carbocycles. The van der Waals surface area contributed by atoms with Gasteiger partial charge in [0.05, 0.1) is 14.2 Å². The fourth-order valence-electron chi connectivity index (χ4n) is 4.57. The molecule has 6 heteroatoms. The summed E-state index contributed by atoms with van der Waals surface area (Å²) in [5.74, 6) is 0.509. The number of rotatable bonds is 7. The third-order valence-corrected chi connectivity index (χ3v) is 9.10. The maximum absolute atomic E-state index is 14.9. The van der Waals surface area contributed by atoms with E-state index in [2.05, 4.69) is 0 Å². The predicted octanol–water partition coefficient (Wildman–Crippen LogP) is 6.22. The molecule has 0 fully saturated rings. The number of hydrogen-bond acceptors (Lipinski definition) is 5. The van der Waals surface area contributed by atoms with Crippen molar-refractivity contribution in [3.63, 3.8) is 0 Å². The summed E-state index contributed by atoms with van der Waals surface area (Å²) < 4.78 is 26.0. The van der Waals surface area contributed by atoms with Crippen molar-refractivity contribution in [2.24, 2.45) is 0 Å². The van der Waals surface area contributed by atoms with Crippen molar-refractivity contribution < 1.29 is 23.6 Å². The van der Waals surface area contributed by atoms with E-state index in [1.165, 1.54) is 14.2 Å². The zero-order valence-electron chi connectivity index (χ0n) is 21.0. The van der Waals surface area contributed by atoms with E-state index in [0.29, 0.717) is 22.3 Å². The van der Waals surface area contributed by atoms with Crippen molar-refractivity contribution in [1.29, 1.82) is 0 Å². The molecule has 34 heavy (non-hydrogen) atoms. The van der Waals surface area contributed by atoms with Crippen LogP contribution >= 0.6 is 7.14 Å². The molecule has 0 aromatic heterocycles. The lowest BCUT2D eigenvalue weighted by atomic mass is 9.95. The van der Waals surface area contributed by atoms with E-state index >= 15 is 0 Å². The van der Waals surface area contributed by atoms with E-state index < -0.39 is 18.2 Å². The van der Waals surface area contributed by atoms with E-state index in [0.717, 1.165) is 16.7 Å². The van der Waals surface area contributed by atoms with Crippen LogP contribution in [0.15, 0.2) is 42.5 Å². The van der Waals surface area contributed by atoms with E-state index in [1.807, 2.05) is 39.8 Å². The summed E-state index contributed by atoms with van der Waals surface area (Å²) >= 11 is 0. The number of methoxy groups -OCH3 is 2. The normalized spacial score (nSPS) is 12.7. The van der Waals surface area contributed by atoms with Crippen LogP contribution in [0.2, 0.25) is 0 Å². The molecule has 0 heterocycles. The van der Waals surface area contributed by atoms with E-state index in [-0.39, 0.29) is 22.4 Å². The van der Waals surface area contributed by atoms with E-state index in [1.54, 1.807) is 44.2 Å². The van der Waals surface area contributed by atoms with Crippen molar-refractivity contribution in [1.82, 2.24) is 0 Å². The average Bonchev–Trinajstić information content (AvgIpc) is 2.81. The Morgan fingerprint density at radius 1 is 0.647 bits per heavy atom. The molecule has 3 aromatic rings. The summed E-state index contributed by atoms with van der Waals surface area (Å²) in [6.07, 6.45) is 0. The van der Waals surface area contributed by atoms with E-state index in [4.69, 9.17) is 9.47 Å². The molecule has 1 unspecified atom stereocenters. The molecule has 0 N–H and O–H groups in total. The van der Waals surface area contributed by atoms with Crippen LogP contribution in [0.4, 0.5) is 0 Å². The van der Waals surface area contributed by atoms with Crippen molar-refractivity contribution in [2.75, 3.05) is 14.2 Å². The van der Waals surface area contributed by atoms with Crippen molar-refractivity contribution >= 4 is 23.5 Å². The molecule has 0 bridgehead atoms. The maximum Gasteiger partial charge on any atom is 0.249 e. The monoisotopic (exact) mass is 478 g/mol. The fraction of sp³-hybridized carbons (Fsp3) is 0.286. The highest BCUT2D eigenvalue weighted by Gasteiger charge is 2.46. The Morgan fingerprint density at radius 2 is 1.12 bits per heavy atom. The van der Waals surface area contributed by atoms with Gasteiger partial charge in [-0.15, -0.1) is 0 Å². The van der Waals surface area contributed by atoms with Crippen LogP contribution in [-0.4, -0.2) is 25.3 Å². The van der Waals surface area contributed by atoms with Crippen LogP contribution in [0.3, 0.4) is 0 Å². The predicted molar refractivity (Wildman–Crippen MR) is 137 cm³/mol. The second kappa shape index (κ2) is 9.60. The number of carbonyl (C=O) groups excluding carboxylic acids is 2. The topological polar surface area (TPSA) is 69.7 Å². The molecule has 0 spiro atoms. The molecule has 0 amide bonds. The van der Waals surface area contributed by atoms with E-state index in [9.17, 15) is 14.2 Å². The van der Waals surface area contributed by atoms with Crippen LogP contribution in [-0.2, 0) is 4.57 Å². The molecule has 0 aliphatic carbocycles. The van der Waals surface area contributed by atoms with Crippen LogP contribution in [0.5, 0.6) is 11.5 Å². The highest BCUT2D eigenvalue weighted by molar-refractivity contribution is 8.01. The zero-order chi connectivity index (χ0) is 25.4. The molecular formula is C28H31O5P. The number of ether oxygens (including phenoxy) is 2. The molecule has 3 rings (SSSR count). The number of hydrogen-bond donors (Lipinski definition) is 0.